The maximum Gasteiger partial charge on any atom is 0.191 e. The number of benzene rings is 1. The van der Waals surface area contributed by atoms with Crippen molar-refractivity contribution >= 4 is 41.5 Å². The Labute approximate surface area is 195 Å². The number of aliphatic imine (C=N–C) groups is 1. The van der Waals surface area contributed by atoms with Gasteiger partial charge in [-0.3, -0.25) is 9.89 Å². The molecule has 2 aromatic rings. The van der Waals surface area contributed by atoms with E-state index in [9.17, 15) is 0 Å². The van der Waals surface area contributed by atoms with Crippen molar-refractivity contribution in [1.82, 2.24) is 15.5 Å². The molecule has 2 N–H and O–H groups in total. The predicted octanol–water partition coefficient (Wildman–Crippen LogP) is 3.72. The zero-order valence-corrected chi connectivity index (χ0v) is 19.9. The Hall–Kier alpha value is -1.29. The van der Waals surface area contributed by atoms with Gasteiger partial charge in [0, 0.05) is 37.6 Å². The Balaban J connectivity index is 0.00000300. The summed E-state index contributed by atoms with van der Waals surface area (Å²) in [6.45, 7) is 7.65. The number of morpholine rings is 1. The first-order valence-corrected chi connectivity index (χ1v) is 10.3. The minimum Gasteiger partial charge on any atom is -0.469 e. The van der Waals surface area contributed by atoms with Gasteiger partial charge in [0.1, 0.15) is 5.76 Å². The van der Waals surface area contributed by atoms with Gasteiger partial charge in [0.25, 0.3) is 0 Å². The maximum atomic E-state index is 6.08. The van der Waals surface area contributed by atoms with E-state index in [1.807, 2.05) is 24.3 Å². The first kappa shape index (κ1) is 24.0. The van der Waals surface area contributed by atoms with Gasteiger partial charge >= 0.3 is 0 Å². The molecule has 1 atom stereocenters. The first-order valence-electron chi connectivity index (χ1n) is 9.88. The summed E-state index contributed by atoms with van der Waals surface area (Å²) >= 11 is 6.08. The average molecular weight is 533 g/mol. The highest BCUT2D eigenvalue weighted by atomic mass is 127. The van der Waals surface area contributed by atoms with Gasteiger partial charge in [-0.05, 0) is 36.8 Å². The normalized spacial score (nSPS) is 16.1. The second-order valence-corrected chi connectivity index (χ2v) is 7.13. The third-order valence-corrected chi connectivity index (χ3v) is 5.00. The number of hydrogen-bond donors (Lipinski definition) is 2. The number of rotatable bonds is 8. The number of guanidine groups is 1. The van der Waals surface area contributed by atoms with Crippen molar-refractivity contribution in [2.45, 2.75) is 19.4 Å². The highest BCUT2D eigenvalue weighted by Crippen LogP contribution is 2.24. The monoisotopic (exact) mass is 532 g/mol. The topological polar surface area (TPSA) is 62.0 Å². The SMILES string of the molecule is CCNC(=NCC(c1ccc(Cl)cc1)N1CCOCC1)NCCc1ccco1.I. The standard InChI is InChI=1S/C21H29ClN4O2.HI/c1-2-23-21(24-10-9-19-4-3-13-28-19)25-16-20(26-11-14-27-15-12-26)17-5-7-18(22)8-6-17;/h3-8,13,20H,2,9-12,14-16H2,1H3,(H2,23,24,25);1H. The van der Waals surface area contributed by atoms with Crippen LogP contribution >= 0.6 is 35.6 Å². The Bertz CT molecular complexity index is 719. The molecule has 1 unspecified atom stereocenters. The second kappa shape index (κ2) is 13.1. The number of nitrogens with one attached hydrogen (secondary N) is 2. The van der Waals surface area contributed by atoms with Crippen LogP contribution in [-0.4, -0.2) is 56.8 Å². The van der Waals surface area contributed by atoms with E-state index in [2.05, 4.69) is 34.6 Å². The highest BCUT2D eigenvalue weighted by Gasteiger charge is 2.22. The molecule has 0 spiro atoms. The molecular weight excluding hydrogens is 503 g/mol. The second-order valence-electron chi connectivity index (χ2n) is 6.69. The zero-order chi connectivity index (χ0) is 19.6. The van der Waals surface area contributed by atoms with Crippen molar-refractivity contribution in [3.63, 3.8) is 0 Å². The number of ether oxygens (including phenoxy) is 1. The Morgan fingerprint density at radius 3 is 2.59 bits per heavy atom. The number of hydrogen-bond acceptors (Lipinski definition) is 4. The van der Waals surface area contributed by atoms with E-state index in [1.54, 1.807) is 6.26 Å². The molecule has 1 aliphatic rings. The van der Waals surface area contributed by atoms with Crippen LogP contribution in [0.2, 0.25) is 5.02 Å². The molecular formula is C21H30ClIN4O2. The molecule has 1 aromatic carbocycles. The Morgan fingerprint density at radius 1 is 1.17 bits per heavy atom. The smallest absolute Gasteiger partial charge is 0.191 e. The molecule has 6 nitrogen and oxygen atoms in total. The van der Waals surface area contributed by atoms with Crippen LogP contribution in [0.25, 0.3) is 0 Å². The molecule has 0 radical (unpaired) electrons. The Morgan fingerprint density at radius 2 is 1.93 bits per heavy atom. The lowest BCUT2D eigenvalue weighted by molar-refractivity contribution is 0.0180. The summed E-state index contributed by atoms with van der Waals surface area (Å²) in [6.07, 6.45) is 2.52. The third kappa shape index (κ3) is 7.81. The lowest BCUT2D eigenvalue weighted by Gasteiger charge is -2.34. The van der Waals surface area contributed by atoms with E-state index in [0.717, 1.165) is 62.6 Å². The van der Waals surface area contributed by atoms with E-state index < -0.39 is 0 Å². The van der Waals surface area contributed by atoms with Crippen LogP contribution in [0.3, 0.4) is 0 Å². The number of nitrogens with zero attached hydrogens (tertiary/aromatic N) is 2. The lowest BCUT2D eigenvalue weighted by Crippen LogP contribution is -2.42. The predicted molar refractivity (Wildman–Crippen MR) is 128 cm³/mol. The summed E-state index contributed by atoms with van der Waals surface area (Å²) in [5, 5.41) is 7.47. The highest BCUT2D eigenvalue weighted by molar-refractivity contribution is 14.0. The van der Waals surface area contributed by atoms with Crippen LogP contribution in [0.5, 0.6) is 0 Å². The molecule has 8 heteroatoms. The molecule has 0 aliphatic carbocycles. The molecule has 1 aliphatic heterocycles. The van der Waals surface area contributed by atoms with Crippen LogP contribution in [-0.2, 0) is 11.2 Å². The molecule has 3 rings (SSSR count). The molecule has 160 valence electrons. The number of halogens is 2. The molecule has 0 amide bonds. The summed E-state index contributed by atoms with van der Waals surface area (Å²) < 4.78 is 10.9. The van der Waals surface area contributed by atoms with Gasteiger partial charge in [0.15, 0.2) is 5.96 Å². The van der Waals surface area contributed by atoms with Crippen molar-refractivity contribution in [2.75, 3.05) is 45.9 Å². The van der Waals surface area contributed by atoms with E-state index >= 15 is 0 Å². The third-order valence-electron chi connectivity index (χ3n) is 4.75. The lowest BCUT2D eigenvalue weighted by atomic mass is 10.0. The maximum absolute atomic E-state index is 6.08. The van der Waals surface area contributed by atoms with E-state index in [4.69, 9.17) is 25.7 Å². The minimum absolute atomic E-state index is 0. The summed E-state index contributed by atoms with van der Waals surface area (Å²) in [5.41, 5.74) is 1.22. The molecule has 0 saturated carbocycles. The summed E-state index contributed by atoms with van der Waals surface area (Å²) in [5.74, 6) is 1.79. The van der Waals surface area contributed by atoms with E-state index in [1.165, 1.54) is 5.56 Å². The van der Waals surface area contributed by atoms with Crippen molar-refractivity contribution in [2.24, 2.45) is 4.99 Å². The molecule has 1 fully saturated rings. The minimum atomic E-state index is 0. The quantitative estimate of drug-likeness (QED) is 0.308. The molecule has 0 bridgehead atoms. The largest absolute Gasteiger partial charge is 0.469 e. The Kier molecular flexibility index (Phi) is 10.8. The van der Waals surface area contributed by atoms with Crippen LogP contribution < -0.4 is 10.6 Å². The van der Waals surface area contributed by atoms with Crippen LogP contribution in [0.4, 0.5) is 0 Å². The van der Waals surface area contributed by atoms with Crippen LogP contribution in [0.1, 0.15) is 24.3 Å². The van der Waals surface area contributed by atoms with E-state index in [-0.39, 0.29) is 30.0 Å². The van der Waals surface area contributed by atoms with Gasteiger partial charge in [0.05, 0.1) is 32.1 Å². The van der Waals surface area contributed by atoms with Crippen LogP contribution in [0, 0.1) is 0 Å². The summed E-state index contributed by atoms with van der Waals surface area (Å²) in [7, 11) is 0. The fourth-order valence-corrected chi connectivity index (χ4v) is 3.41. The summed E-state index contributed by atoms with van der Waals surface area (Å²) in [4.78, 5) is 7.29. The molecule has 1 aromatic heterocycles. The summed E-state index contributed by atoms with van der Waals surface area (Å²) in [6, 6.07) is 12.2. The van der Waals surface area contributed by atoms with Gasteiger partial charge in [-0.15, -0.1) is 24.0 Å². The average Bonchev–Trinajstić information content (AvgIpc) is 3.24. The van der Waals surface area contributed by atoms with Crippen molar-refractivity contribution in [3.05, 3.63) is 59.0 Å². The molecule has 1 saturated heterocycles. The van der Waals surface area contributed by atoms with Crippen molar-refractivity contribution < 1.29 is 9.15 Å². The first-order chi connectivity index (χ1) is 13.8. The van der Waals surface area contributed by atoms with Gasteiger partial charge < -0.3 is 19.8 Å². The van der Waals surface area contributed by atoms with Gasteiger partial charge in [-0.1, -0.05) is 23.7 Å². The van der Waals surface area contributed by atoms with E-state index in [0.29, 0.717) is 6.54 Å². The van der Waals surface area contributed by atoms with Crippen molar-refractivity contribution in [3.8, 4) is 0 Å². The van der Waals surface area contributed by atoms with Gasteiger partial charge in [0.2, 0.25) is 0 Å². The number of furan rings is 1. The van der Waals surface area contributed by atoms with Gasteiger partial charge in [-0.25, -0.2) is 0 Å². The van der Waals surface area contributed by atoms with Gasteiger partial charge in [-0.2, -0.15) is 0 Å². The molecule has 2 heterocycles. The van der Waals surface area contributed by atoms with Crippen molar-refractivity contribution in [1.29, 1.82) is 0 Å². The van der Waals surface area contributed by atoms with Crippen LogP contribution in [0.15, 0.2) is 52.1 Å². The zero-order valence-electron chi connectivity index (χ0n) is 16.8. The fourth-order valence-electron chi connectivity index (χ4n) is 3.28. The molecule has 29 heavy (non-hydrogen) atoms. The fraction of sp³-hybridized carbons (Fsp3) is 0.476.